The first-order valence-electron chi connectivity index (χ1n) is 16.9. The number of para-hydroxylation sites is 2. The number of hydrogen-bond donors (Lipinski definition) is 0. The third-order valence-corrected chi connectivity index (χ3v) is 11.0. The Morgan fingerprint density at radius 3 is 1.76 bits per heavy atom. The minimum absolute atomic E-state index is 0.570. The van der Waals surface area contributed by atoms with Crippen LogP contribution >= 0.6 is 11.3 Å². The second-order valence-electron chi connectivity index (χ2n) is 12.8. The monoisotopic (exact) mass is 670 g/mol. The lowest BCUT2D eigenvalue weighted by atomic mass is 9.98. The van der Waals surface area contributed by atoms with E-state index in [-0.39, 0.29) is 0 Å². The van der Waals surface area contributed by atoms with Crippen LogP contribution in [0, 0.1) is 0 Å². The Morgan fingerprint density at radius 1 is 0.431 bits per heavy atom. The molecule has 0 amide bonds. The smallest absolute Gasteiger partial charge is 0.238 e. The Kier molecular flexibility index (Phi) is 6.05. The molecule has 0 saturated heterocycles. The summed E-state index contributed by atoms with van der Waals surface area (Å²) < 4.78 is 11.3. The summed E-state index contributed by atoms with van der Waals surface area (Å²) in [6.07, 6.45) is 0. The van der Waals surface area contributed by atoms with Crippen LogP contribution in [0.1, 0.15) is 0 Å². The van der Waals surface area contributed by atoms with Crippen LogP contribution < -0.4 is 0 Å². The lowest BCUT2D eigenvalue weighted by Crippen LogP contribution is -2.06. The van der Waals surface area contributed by atoms with Gasteiger partial charge in [-0.2, -0.15) is 9.97 Å². The van der Waals surface area contributed by atoms with Gasteiger partial charge in [0.15, 0.2) is 11.6 Å². The Morgan fingerprint density at radius 2 is 1.02 bits per heavy atom. The number of thiophene rings is 1. The number of hydrogen-bond acceptors (Lipinski definition) is 5. The van der Waals surface area contributed by atoms with E-state index in [1.807, 2.05) is 41.7 Å². The van der Waals surface area contributed by atoms with Crippen LogP contribution in [0.2, 0.25) is 0 Å². The fraction of sp³-hybridized carbons (Fsp3) is 0. The fourth-order valence-corrected chi connectivity index (χ4v) is 8.68. The molecular formula is C45H26N4OS. The van der Waals surface area contributed by atoms with Crippen molar-refractivity contribution >= 4 is 75.3 Å². The maximum absolute atomic E-state index is 6.62. The van der Waals surface area contributed by atoms with E-state index in [0.29, 0.717) is 17.6 Å². The van der Waals surface area contributed by atoms with Crippen LogP contribution in [-0.2, 0) is 0 Å². The summed E-state index contributed by atoms with van der Waals surface area (Å²) >= 11 is 1.84. The van der Waals surface area contributed by atoms with Crippen LogP contribution in [0.3, 0.4) is 0 Å². The van der Waals surface area contributed by atoms with Gasteiger partial charge in [0.25, 0.3) is 0 Å². The fourth-order valence-electron chi connectivity index (χ4n) is 7.55. The summed E-state index contributed by atoms with van der Waals surface area (Å²) in [6, 6.07) is 54.9. The maximum Gasteiger partial charge on any atom is 0.238 e. The van der Waals surface area contributed by atoms with Crippen molar-refractivity contribution in [2.24, 2.45) is 0 Å². The zero-order chi connectivity index (χ0) is 33.5. The minimum Gasteiger partial charge on any atom is -0.456 e. The molecule has 11 rings (SSSR count). The van der Waals surface area contributed by atoms with E-state index in [0.717, 1.165) is 60.4 Å². The molecule has 4 aromatic heterocycles. The Labute approximate surface area is 295 Å². The van der Waals surface area contributed by atoms with Gasteiger partial charge in [-0.15, -0.1) is 11.3 Å². The molecule has 0 aliphatic heterocycles. The molecule has 0 aliphatic carbocycles. The number of nitrogens with zero attached hydrogens (tertiary/aromatic N) is 4. The number of benzene rings is 7. The average Bonchev–Trinajstić information content (AvgIpc) is 3.87. The molecule has 0 N–H and O–H groups in total. The van der Waals surface area contributed by atoms with Crippen molar-refractivity contribution in [3.8, 4) is 39.9 Å². The molecule has 6 heteroatoms. The first-order valence-corrected chi connectivity index (χ1v) is 17.8. The van der Waals surface area contributed by atoms with Crippen LogP contribution in [0.25, 0.3) is 104 Å². The van der Waals surface area contributed by atoms with Gasteiger partial charge in [0.2, 0.25) is 5.95 Å². The van der Waals surface area contributed by atoms with Gasteiger partial charge in [-0.3, -0.25) is 4.57 Å². The lowest BCUT2D eigenvalue weighted by Gasteiger charge is -2.10. The maximum atomic E-state index is 6.62. The van der Waals surface area contributed by atoms with Crippen LogP contribution in [0.4, 0.5) is 0 Å². The van der Waals surface area contributed by atoms with Crippen molar-refractivity contribution < 1.29 is 4.42 Å². The zero-order valence-corrected chi connectivity index (χ0v) is 27.9. The highest BCUT2D eigenvalue weighted by atomic mass is 32.1. The molecule has 238 valence electrons. The molecule has 0 radical (unpaired) electrons. The summed E-state index contributed by atoms with van der Waals surface area (Å²) in [5.41, 5.74) is 7.86. The van der Waals surface area contributed by atoms with E-state index in [9.17, 15) is 0 Å². The van der Waals surface area contributed by atoms with Crippen LogP contribution in [0.5, 0.6) is 0 Å². The highest BCUT2D eigenvalue weighted by Gasteiger charge is 2.19. The molecule has 11 aromatic rings. The van der Waals surface area contributed by atoms with E-state index in [1.54, 1.807) is 0 Å². The third kappa shape index (κ3) is 4.37. The van der Waals surface area contributed by atoms with Crippen molar-refractivity contribution in [2.75, 3.05) is 0 Å². The number of fused-ring (bicyclic) bond motifs is 9. The van der Waals surface area contributed by atoms with Gasteiger partial charge in [0, 0.05) is 52.8 Å². The molecule has 4 heterocycles. The zero-order valence-electron chi connectivity index (χ0n) is 27.1. The van der Waals surface area contributed by atoms with Crippen LogP contribution in [0.15, 0.2) is 162 Å². The van der Waals surface area contributed by atoms with Gasteiger partial charge in [0.1, 0.15) is 11.2 Å². The van der Waals surface area contributed by atoms with Gasteiger partial charge in [-0.1, -0.05) is 109 Å². The number of aromatic nitrogens is 4. The Balaban J connectivity index is 1.08. The van der Waals surface area contributed by atoms with Gasteiger partial charge in [-0.05, 0) is 59.7 Å². The average molecular weight is 671 g/mol. The molecule has 7 aromatic carbocycles. The number of furan rings is 1. The van der Waals surface area contributed by atoms with E-state index in [4.69, 9.17) is 19.4 Å². The molecule has 0 unspecified atom stereocenters. The predicted octanol–water partition coefficient (Wildman–Crippen LogP) is 12.2. The summed E-state index contributed by atoms with van der Waals surface area (Å²) in [6.45, 7) is 0. The topological polar surface area (TPSA) is 56.7 Å². The largest absolute Gasteiger partial charge is 0.456 e. The van der Waals surface area contributed by atoms with Crippen LogP contribution in [-0.4, -0.2) is 19.5 Å². The Hall–Kier alpha value is -6.63. The second-order valence-corrected chi connectivity index (χ2v) is 13.9. The van der Waals surface area contributed by atoms with Gasteiger partial charge < -0.3 is 4.42 Å². The molecule has 0 atom stereocenters. The van der Waals surface area contributed by atoms with E-state index < -0.39 is 0 Å². The second kappa shape index (κ2) is 10.9. The van der Waals surface area contributed by atoms with Crippen molar-refractivity contribution in [3.05, 3.63) is 158 Å². The third-order valence-electron chi connectivity index (χ3n) is 9.88. The van der Waals surface area contributed by atoms with Crippen molar-refractivity contribution in [1.29, 1.82) is 0 Å². The predicted molar refractivity (Wildman–Crippen MR) is 211 cm³/mol. The minimum atomic E-state index is 0.570. The SMILES string of the molecule is c1ccc(-c2nc(-c3ccc4c(c3)oc3cc(-c5cccc6sc7ccccc7c56)ccc34)nc(-n3c4ccccc4c4ccccc43)n2)cc1. The highest BCUT2D eigenvalue weighted by Crippen LogP contribution is 2.42. The highest BCUT2D eigenvalue weighted by molar-refractivity contribution is 7.25. The number of rotatable bonds is 4. The molecule has 0 bridgehead atoms. The summed E-state index contributed by atoms with van der Waals surface area (Å²) in [5.74, 6) is 1.77. The van der Waals surface area contributed by atoms with Crippen molar-refractivity contribution in [2.45, 2.75) is 0 Å². The van der Waals surface area contributed by atoms with Gasteiger partial charge >= 0.3 is 0 Å². The molecule has 0 fully saturated rings. The van der Waals surface area contributed by atoms with Gasteiger partial charge in [-0.25, -0.2) is 4.98 Å². The van der Waals surface area contributed by atoms with Crippen molar-refractivity contribution in [3.63, 3.8) is 0 Å². The summed E-state index contributed by atoms with van der Waals surface area (Å²) in [5, 5.41) is 7.02. The van der Waals surface area contributed by atoms with E-state index in [1.165, 1.54) is 25.7 Å². The lowest BCUT2D eigenvalue weighted by molar-refractivity contribution is 0.669. The molecule has 51 heavy (non-hydrogen) atoms. The summed E-state index contributed by atoms with van der Waals surface area (Å²) in [4.78, 5) is 15.2. The van der Waals surface area contributed by atoms with E-state index in [2.05, 4.69) is 132 Å². The molecular weight excluding hydrogens is 645 g/mol. The first kappa shape index (κ1) is 28.2. The Bertz CT molecular complexity index is 3100. The molecule has 0 spiro atoms. The summed E-state index contributed by atoms with van der Waals surface area (Å²) in [7, 11) is 0. The van der Waals surface area contributed by atoms with E-state index >= 15 is 0 Å². The molecule has 5 nitrogen and oxygen atoms in total. The first-order chi connectivity index (χ1) is 25.3. The normalized spacial score (nSPS) is 11.9. The standard InChI is InChI=1S/C45H26N4OS/c1-2-11-27(12-3-1)43-46-44(48-45(47-43)49-36-17-7-4-13-31(36)32-14-5-8-18-37(32)49)29-22-24-34-33-23-21-28(25-38(33)50-39(34)26-29)30-16-10-20-41-42(30)35-15-6-9-19-40(35)51-41/h1-26H. The molecule has 0 aliphatic rings. The van der Waals surface area contributed by atoms with Gasteiger partial charge in [0.05, 0.1) is 11.0 Å². The van der Waals surface area contributed by atoms with Crippen molar-refractivity contribution in [1.82, 2.24) is 19.5 Å². The quantitative estimate of drug-likeness (QED) is 0.187. The molecule has 0 saturated carbocycles.